The minimum Gasteiger partial charge on any atom is -0.457 e. The maximum Gasteiger partial charge on any atom is 0.248 e. The second kappa shape index (κ2) is 7.18. The van der Waals surface area contributed by atoms with Gasteiger partial charge in [0, 0.05) is 11.8 Å². The highest BCUT2D eigenvalue weighted by atomic mass is 19.1. The van der Waals surface area contributed by atoms with Crippen molar-refractivity contribution in [2.45, 2.75) is 13.8 Å². The fourth-order valence-corrected chi connectivity index (χ4v) is 2.58. The van der Waals surface area contributed by atoms with Crippen LogP contribution in [-0.2, 0) is 4.79 Å². The Bertz CT molecular complexity index is 920. The van der Waals surface area contributed by atoms with E-state index in [1.807, 2.05) is 32.0 Å². The lowest BCUT2D eigenvalue weighted by atomic mass is 10.1. The number of carbonyl (C=O) groups is 1. The number of carbonyl (C=O) groups excluding carboxylic acids is 1. The van der Waals surface area contributed by atoms with Crippen molar-refractivity contribution < 1.29 is 13.6 Å². The maximum absolute atomic E-state index is 13.8. The Hall–Kier alpha value is -3.14. The summed E-state index contributed by atoms with van der Waals surface area (Å²) < 4.78 is 19.4. The predicted molar refractivity (Wildman–Crippen MR) is 97.7 cm³/mol. The van der Waals surface area contributed by atoms with Gasteiger partial charge in [-0.3, -0.25) is 4.79 Å². The van der Waals surface area contributed by atoms with Crippen molar-refractivity contribution in [3.63, 3.8) is 0 Å². The van der Waals surface area contributed by atoms with E-state index >= 15 is 0 Å². The molecule has 0 radical (unpaired) electrons. The molecule has 2 aromatic carbocycles. The standard InChI is InChI=1S/C21H18FNO2/c1-14-6-5-7-15(2)21(14)23-20(24)13-11-16-10-12-19(25-16)17-8-3-4-9-18(17)22/h3-13H,1-2H3,(H,23,24)/b13-11+. The molecule has 1 N–H and O–H groups in total. The second-order valence-electron chi connectivity index (χ2n) is 5.77. The molecular formula is C21H18FNO2. The van der Waals surface area contributed by atoms with Gasteiger partial charge in [0.05, 0.1) is 5.56 Å². The molecule has 0 atom stereocenters. The molecule has 126 valence electrons. The minimum atomic E-state index is -0.347. The third-order valence-corrected chi connectivity index (χ3v) is 3.89. The predicted octanol–water partition coefficient (Wildman–Crippen LogP) is 5.35. The summed E-state index contributed by atoms with van der Waals surface area (Å²) in [4.78, 5) is 12.1. The molecule has 1 amide bonds. The van der Waals surface area contributed by atoms with Crippen LogP contribution in [0.3, 0.4) is 0 Å². The van der Waals surface area contributed by atoms with Crippen LogP contribution in [0.1, 0.15) is 16.9 Å². The number of aryl methyl sites for hydroxylation is 2. The van der Waals surface area contributed by atoms with Gasteiger partial charge in [0.15, 0.2) is 0 Å². The quantitative estimate of drug-likeness (QED) is 0.653. The van der Waals surface area contributed by atoms with Gasteiger partial charge in [0.1, 0.15) is 17.3 Å². The summed E-state index contributed by atoms with van der Waals surface area (Å²) in [7, 11) is 0. The lowest BCUT2D eigenvalue weighted by molar-refractivity contribution is -0.111. The third kappa shape index (κ3) is 3.86. The summed E-state index contributed by atoms with van der Waals surface area (Å²) in [6.45, 7) is 3.89. The number of amides is 1. The van der Waals surface area contributed by atoms with Crippen LogP contribution >= 0.6 is 0 Å². The van der Waals surface area contributed by atoms with Gasteiger partial charge in [-0.15, -0.1) is 0 Å². The van der Waals surface area contributed by atoms with E-state index in [-0.39, 0.29) is 11.7 Å². The summed E-state index contributed by atoms with van der Waals surface area (Å²) >= 11 is 0. The van der Waals surface area contributed by atoms with Crippen molar-refractivity contribution >= 4 is 17.7 Å². The van der Waals surface area contributed by atoms with E-state index in [4.69, 9.17) is 4.42 Å². The number of nitrogens with one attached hydrogen (secondary N) is 1. The van der Waals surface area contributed by atoms with Crippen molar-refractivity contribution in [1.29, 1.82) is 0 Å². The lowest BCUT2D eigenvalue weighted by Gasteiger charge is -2.09. The average Bonchev–Trinajstić information content (AvgIpc) is 3.06. The van der Waals surface area contributed by atoms with Crippen molar-refractivity contribution in [2.24, 2.45) is 0 Å². The smallest absolute Gasteiger partial charge is 0.248 e. The average molecular weight is 335 g/mol. The molecular weight excluding hydrogens is 317 g/mol. The molecule has 1 aromatic heterocycles. The van der Waals surface area contributed by atoms with Crippen molar-refractivity contribution in [3.8, 4) is 11.3 Å². The van der Waals surface area contributed by atoms with Gasteiger partial charge in [0.2, 0.25) is 5.91 Å². The summed E-state index contributed by atoms with van der Waals surface area (Å²) in [5.41, 5.74) is 3.20. The van der Waals surface area contributed by atoms with E-state index < -0.39 is 0 Å². The fourth-order valence-electron chi connectivity index (χ4n) is 2.58. The van der Waals surface area contributed by atoms with E-state index in [1.165, 1.54) is 12.1 Å². The molecule has 3 aromatic rings. The van der Waals surface area contributed by atoms with Crippen LogP contribution in [0.4, 0.5) is 10.1 Å². The first-order valence-corrected chi connectivity index (χ1v) is 7.94. The number of rotatable bonds is 4. The van der Waals surface area contributed by atoms with E-state index in [0.29, 0.717) is 17.1 Å². The normalized spacial score (nSPS) is 11.0. The molecule has 0 fully saturated rings. The van der Waals surface area contributed by atoms with Crippen LogP contribution in [0, 0.1) is 19.7 Å². The number of anilines is 1. The first kappa shape index (κ1) is 16.7. The highest BCUT2D eigenvalue weighted by molar-refractivity contribution is 6.02. The molecule has 3 rings (SSSR count). The number of hydrogen-bond donors (Lipinski definition) is 1. The summed E-state index contributed by atoms with van der Waals surface area (Å²) in [5.74, 6) is 0.309. The van der Waals surface area contributed by atoms with Gasteiger partial charge in [-0.1, -0.05) is 30.3 Å². The van der Waals surface area contributed by atoms with Crippen LogP contribution in [0.15, 0.2) is 65.1 Å². The molecule has 4 heteroatoms. The molecule has 1 heterocycles. The summed E-state index contributed by atoms with van der Waals surface area (Å²) in [5, 5.41) is 2.87. The first-order chi connectivity index (χ1) is 12.0. The van der Waals surface area contributed by atoms with Crippen molar-refractivity contribution in [3.05, 3.63) is 83.4 Å². The maximum atomic E-state index is 13.8. The number of halogens is 1. The molecule has 0 aliphatic heterocycles. The van der Waals surface area contributed by atoms with Crippen molar-refractivity contribution in [2.75, 3.05) is 5.32 Å². The van der Waals surface area contributed by atoms with Crippen LogP contribution < -0.4 is 5.32 Å². The lowest BCUT2D eigenvalue weighted by Crippen LogP contribution is -2.10. The SMILES string of the molecule is Cc1cccc(C)c1NC(=O)/C=C/c1ccc(-c2ccccc2F)o1. The Balaban J connectivity index is 1.73. The molecule has 0 aliphatic carbocycles. The molecule has 3 nitrogen and oxygen atoms in total. The Morgan fingerprint density at radius 2 is 1.72 bits per heavy atom. The van der Waals surface area contributed by atoms with Gasteiger partial charge in [0.25, 0.3) is 0 Å². The van der Waals surface area contributed by atoms with Gasteiger partial charge in [-0.25, -0.2) is 4.39 Å². The van der Waals surface area contributed by atoms with Gasteiger partial charge < -0.3 is 9.73 Å². The Morgan fingerprint density at radius 3 is 2.44 bits per heavy atom. The van der Waals surface area contributed by atoms with Gasteiger partial charge in [-0.05, 0) is 55.3 Å². The Labute approximate surface area is 145 Å². The highest BCUT2D eigenvalue weighted by Gasteiger charge is 2.08. The molecule has 0 spiro atoms. The zero-order valence-electron chi connectivity index (χ0n) is 14.0. The Kier molecular flexibility index (Phi) is 4.80. The number of furan rings is 1. The molecule has 0 bridgehead atoms. The number of para-hydroxylation sites is 1. The topological polar surface area (TPSA) is 42.2 Å². The van der Waals surface area contributed by atoms with E-state index in [1.54, 1.807) is 36.4 Å². The minimum absolute atomic E-state index is 0.249. The Morgan fingerprint density at radius 1 is 1.00 bits per heavy atom. The fraction of sp³-hybridized carbons (Fsp3) is 0.0952. The molecule has 0 aliphatic rings. The summed E-state index contributed by atoms with van der Waals surface area (Å²) in [6, 6.07) is 15.6. The number of benzene rings is 2. The van der Waals surface area contributed by atoms with Crippen molar-refractivity contribution in [1.82, 2.24) is 0 Å². The third-order valence-electron chi connectivity index (χ3n) is 3.89. The van der Waals surface area contributed by atoms with E-state index in [2.05, 4.69) is 5.32 Å². The monoisotopic (exact) mass is 335 g/mol. The molecule has 0 saturated carbocycles. The van der Waals surface area contributed by atoms with Gasteiger partial charge >= 0.3 is 0 Å². The zero-order valence-corrected chi connectivity index (χ0v) is 14.0. The van der Waals surface area contributed by atoms with Crippen LogP contribution in [0.5, 0.6) is 0 Å². The second-order valence-corrected chi connectivity index (χ2v) is 5.77. The van der Waals surface area contributed by atoms with E-state index in [9.17, 15) is 9.18 Å². The van der Waals surface area contributed by atoms with E-state index in [0.717, 1.165) is 16.8 Å². The number of hydrogen-bond acceptors (Lipinski definition) is 2. The summed E-state index contributed by atoms with van der Waals surface area (Å²) in [6.07, 6.45) is 2.96. The van der Waals surface area contributed by atoms with Gasteiger partial charge in [-0.2, -0.15) is 0 Å². The molecule has 25 heavy (non-hydrogen) atoms. The zero-order chi connectivity index (χ0) is 17.8. The highest BCUT2D eigenvalue weighted by Crippen LogP contribution is 2.25. The molecule has 0 unspecified atom stereocenters. The largest absolute Gasteiger partial charge is 0.457 e. The van der Waals surface area contributed by atoms with Crippen LogP contribution in [-0.4, -0.2) is 5.91 Å². The molecule has 0 saturated heterocycles. The van der Waals surface area contributed by atoms with Crippen LogP contribution in [0.2, 0.25) is 0 Å². The van der Waals surface area contributed by atoms with Crippen LogP contribution in [0.25, 0.3) is 17.4 Å². The first-order valence-electron chi connectivity index (χ1n) is 7.94.